The highest BCUT2D eigenvalue weighted by Crippen LogP contribution is 2.33. The lowest BCUT2D eigenvalue weighted by Gasteiger charge is -2.22. The number of imide groups is 1. The van der Waals surface area contributed by atoms with Crippen LogP contribution in [0.2, 0.25) is 0 Å². The van der Waals surface area contributed by atoms with E-state index in [4.69, 9.17) is 4.52 Å². The van der Waals surface area contributed by atoms with Gasteiger partial charge in [0.25, 0.3) is 5.91 Å². The van der Waals surface area contributed by atoms with Crippen LogP contribution in [-0.4, -0.2) is 27.0 Å². The molecule has 1 aromatic carbocycles. The SMILES string of the molecule is C[C@@]1(c2ccc3c(c2)CCC3)NC(=O)N(Cc2nc(-c3ccsc3)no2)C1=O. The first-order valence-corrected chi connectivity index (χ1v) is 10.1. The molecule has 1 aliphatic carbocycles. The van der Waals surface area contributed by atoms with Gasteiger partial charge in [-0.1, -0.05) is 23.4 Å². The van der Waals surface area contributed by atoms with Crippen LogP contribution in [0.1, 0.15) is 35.9 Å². The van der Waals surface area contributed by atoms with Crippen molar-refractivity contribution < 1.29 is 14.1 Å². The molecular weight excluding hydrogens is 376 g/mol. The van der Waals surface area contributed by atoms with Crippen molar-refractivity contribution in [3.63, 3.8) is 0 Å². The van der Waals surface area contributed by atoms with E-state index in [0.717, 1.165) is 35.3 Å². The van der Waals surface area contributed by atoms with Crippen LogP contribution in [0.5, 0.6) is 0 Å². The van der Waals surface area contributed by atoms with Gasteiger partial charge < -0.3 is 9.84 Å². The first-order valence-electron chi connectivity index (χ1n) is 9.16. The Labute approximate surface area is 165 Å². The van der Waals surface area contributed by atoms with Crippen LogP contribution >= 0.6 is 11.3 Å². The number of hydrogen-bond acceptors (Lipinski definition) is 6. The molecule has 5 rings (SSSR count). The number of amides is 3. The second-order valence-electron chi connectivity index (χ2n) is 7.31. The van der Waals surface area contributed by atoms with Crippen LogP contribution in [-0.2, 0) is 29.7 Å². The summed E-state index contributed by atoms with van der Waals surface area (Å²) in [4.78, 5) is 31.1. The number of nitrogens with zero attached hydrogens (tertiary/aromatic N) is 3. The molecule has 142 valence electrons. The van der Waals surface area contributed by atoms with E-state index >= 15 is 0 Å². The molecule has 3 aromatic rings. The molecule has 1 aliphatic heterocycles. The highest BCUT2D eigenvalue weighted by atomic mass is 32.1. The molecule has 2 aliphatic rings. The number of aryl methyl sites for hydroxylation is 2. The van der Waals surface area contributed by atoms with Gasteiger partial charge in [0.1, 0.15) is 12.1 Å². The fourth-order valence-electron chi connectivity index (χ4n) is 3.88. The molecule has 0 saturated carbocycles. The number of carbonyl (C=O) groups excluding carboxylic acids is 2. The predicted molar refractivity (Wildman–Crippen MR) is 103 cm³/mol. The van der Waals surface area contributed by atoms with E-state index in [2.05, 4.69) is 21.5 Å². The molecule has 0 radical (unpaired) electrons. The van der Waals surface area contributed by atoms with Crippen molar-refractivity contribution in [2.45, 2.75) is 38.3 Å². The van der Waals surface area contributed by atoms with Crippen LogP contribution in [0.4, 0.5) is 4.79 Å². The molecule has 8 heteroatoms. The van der Waals surface area contributed by atoms with E-state index < -0.39 is 11.6 Å². The fourth-order valence-corrected chi connectivity index (χ4v) is 4.52. The standard InChI is InChI=1S/C20H18N4O3S/c1-20(15-6-5-12-3-2-4-13(12)9-15)18(25)24(19(26)22-20)10-16-21-17(23-27-16)14-7-8-28-11-14/h5-9,11H,2-4,10H2,1H3,(H,22,26)/t20-/m0/s1. The quantitative estimate of drug-likeness (QED) is 0.686. The van der Waals surface area contributed by atoms with E-state index in [1.54, 1.807) is 6.92 Å². The summed E-state index contributed by atoms with van der Waals surface area (Å²) in [5.41, 5.74) is 3.15. The van der Waals surface area contributed by atoms with Gasteiger partial charge in [0.15, 0.2) is 0 Å². The molecule has 1 fully saturated rings. The molecule has 0 unspecified atom stereocenters. The van der Waals surface area contributed by atoms with Gasteiger partial charge in [0.05, 0.1) is 0 Å². The van der Waals surface area contributed by atoms with Crippen LogP contribution < -0.4 is 5.32 Å². The lowest BCUT2D eigenvalue weighted by Crippen LogP contribution is -2.41. The van der Waals surface area contributed by atoms with Crippen molar-refractivity contribution in [2.75, 3.05) is 0 Å². The van der Waals surface area contributed by atoms with Gasteiger partial charge in [0, 0.05) is 10.9 Å². The Balaban J connectivity index is 1.40. The molecule has 28 heavy (non-hydrogen) atoms. The number of hydrogen-bond donors (Lipinski definition) is 1. The van der Waals surface area contributed by atoms with Crippen molar-refractivity contribution >= 4 is 23.3 Å². The van der Waals surface area contributed by atoms with Crippen molar-refractivity contribution in [3.8, 4) is 11.4 Å². The van der Waals surface area contributed by atoms with Gasteiger partial charge in [-0.15, -0.1) is 0 Å². The molecule has 2 aromatic heterocycles. The smallest absolute Gasteiger partial charge is 0.325 e. The van der Waals surface area contributed by atoms with Gasteiger partial charge in [-0.25, -0.2) is 4.79 Å². The Morgan fingerprint density at radius 3 is 2.93 bits per heavy atom. The summed E-state index contributed by atoms with van der Waals surface area (Å²) in [7, 11) is 0. The summed E-state index contributed by atoms with van der Waals surface area (Å²) in [6, 6.07) is 7.48. The Morgan fingerprint density at radius 2 is 2.11 bits per heavy atom. The Bertz CT molecular complexity index is 1080. The van der Waals surface area contributed by atoms with Gasteiger partial charge in [-0.3, -0.25) is 9.69 Å². The van der Waals surface area contributed by atoms with Gasteiger partial charge in [-0.05, 0) is 54.3 Å². The van der Waals surface area contributed by atoms with Crippen molar-refractivity contribution in [3.05, 3.63) is 57.6 Å². The minimum atomic E-state index is -1.09. The maximum Gasteiger partial charge on any atom is 0.325 e. The van der Waals surface area contributed by atoms with E-state index in [9.17, 15) is 9.59 Å². The average molecular weight is 394 g/mol. The lowest BCUT2D eigenvalue weighted by molar-refractivity contribution is -0.131. The highest BCUT2D eigenvalue weighted by Gasteiger charge is 2.49. The van der Waals surface area contributed by atoms with Crippen molar-refractivity contribution in [2.24, 2.45) is 0 Å². The van der Waals surface area contributed by atoms with Crippen LogP contribution in [0.25, 0.3) is 11.4 Å². The van der Waals surface area contributed by atoms with E-state index in [1.165, 1.54) is 22.5 Å². The number of thiophene rings is 1. The lowest BCUT2D eigenvalue weighted by atomic mass is 9.90. The predicted octanol–water partition coefficient (Wildman–Crippen LogP) is 3.25. The first kappa shape index (κ1) is 17.1. The summed E-state index contributed by atoms with van der Waals surface area (Å²) in [6.07, 6.45) is 3.21. The van der Waals surface area contributed by atoms with E-state index in [-0.39, 0.29) is 18.3 Å². The third-order valence-corrected chi connectivity index (χ3v) is 6.17. The first-order chi connectivity index (χ1) is 13.5. The number of carbonyl (C=O) groups is 2. The minimum Gasteiger partial charge on any atom is -0.337 e. The second kappa shape index (κ2) is 6.27. The Morgan fingerprint density at radius 1 is 1.25 bits per heavy atom. The third kappa shape index (κ3) is 2.63. The normalized spacial score (nSPS) is 21.2. The molecule has 1 atom stereocenters. The maximum absolute atomic E-state index is 13.1. The number of nitrogens with one attached hydrogen (secondary N) is 1. The van der Waals surface area contributed by atoms with Gasteiger partial charge >= 0.3 is 6.03 Å². The maximum atomic E-state index is 13.1. The third-order valence-electron chi connectivity index (χ3n) is 5.49. The molecule has 7 nitrogen and oxygen atoms in total. The molecule has 1 saturated heterocycles. The number of rotatable bonds is 4. The van der Waals surface area contributed by atoms with Gasteiger partial charge in [-0.2, -0.15) is 16.3 Å². The second-order valence-corrected chi connectivity index (χ2v) is 8.09. The van der Waals surface area contributed by atoms with Crippen LogP contribution in [0.3, 0.4) is 0 Å². The summed E-state index contributed by atoms with van der Waals surface area (Å²) >= 11 is 1.53. The molecular formula is C20H18N4O3S. The largest absolute Gasteiger partial charge is 0.337 e. The average Bonchev–Trinajstić information content (AvgIpc) is 3.47. The van der Waals surface area contributed by atoms with Crippen LogP contribution in [0.15, 0.2) is 39.5 Å². The summed E-state index contributed by atoms with van der Waals surface area (Å²) < 4.78 is 5.25. The monoisotopic (exact) mass is 394 g/mol. The number of urea groups is 1. The zero-order valence-corrected chi connectivity index (χ0v) is 16.1. The number of fused-ring (bicyclic) bond motifs is 1. The fraction of sp³-hybridized carbons (Fsp3) is 0.300. The minimum absolute atomic E-state index is 0.0532. The Kier molecular flexibility index (Phi) is 3.83. The molecule has 3 heterocycles. The zero-order chi connectivity index (χ0) is 19.3. The van der Waals surface area contributed by atoms with Gasteiger partial charge in [0.2, 0.25) is 11.7 Å². The summed E-state index contributed by atoms with van der Waals surface area (Å²) in [5, 5.41) is 10.6. The van der Waals surface area contributed by atoms with E-state index in [0.29, 0.717) is 5.82 Å². The van der Waals surface area contributed by atoms with Crippen LogP contribution in [0, 0.1) is 0 Å². The topological polar surface area (TPSA) is 88.3 Å². The van der Waals surface area contributed by atoms with Crippen molar-refractivity contribution in [1.82, 2.24) is 20.4 Å². The number of benzene rings is 1. The van der Waals surface area contributed by atoms with Crippen molar-refractivity contribution in [1.29, 1.82) is 0 Å². The molecule has 0 spiro atoms. The highest BCUT2D eigenvalue weighted by molar-refractivity contribution is 7.08. The molecule has 1 N–H and O–H groups in total. The molecule has 0 bridgehead atoms. The number of aromatic nitrogens is 2. The summed E-state index contributed by atoms with van der Waals surface area (Å²) in [5.74, 6) is 0.360. The molecule has 3 amide bonds. The van der Waals surface area contributed by atoms with E-state index in [1.807, 2.05) is 29.0 Å². The summed E-state index contributed by atoms with van der Waals surface area (Å²) in [6.45, 7) is 1.69. The zero-order valence-electron chi connectivity index (χ0n) is 15.3. The Hall–Kier alpha value is -3.00.